The van der Waals surface area contributed by atoms with Crippen LogP contribution in [0.4, 0.5) is 0 Å². The molecule has 0 saturated carbocycles. The van der Waals surface area contributed by atoms with Crippen molar-refractivity contribution in [3.63, 3.8) is 0 Å². The van der Waals surface area contributed by atoms with E-state index in [9.17, 15) is 9.59 Å². The van der Waals surface area contributed by atoms with Crippen LogP contribution in [0.2, 0.25) is 0 Å². The molecule has 0 bridgehead atoms. The quantitative estimate of drug-likeness (QED) is 0.784. The molecule has 0 aromatic heterocycles. The van der Waals surface area contributed by atoms with Crippen LogP contribution in [0.25, 0.3) is 0 Å². The Morgan fingerprint density at radius 2 is 1.14 bits per heavy atom. The van der Waals surface area contributed by atoms with Crippen LogP contribution in [0.15, 0.2) is 36.4 Å². The number of benzene rings is 2. The summed E-state index contributed by atoms with van der Waals surface area (Å²) in [5.41, 5.74) is 5.55. The molecular weight excluding hydrogens is 260 g/mol. The zero-order valence-electron chi connectivity index (χ0n) is 12.9. The molecule has 2 heteroatoms. The SMILES string of the molecule is Cc1cc(C(C)(C)c2ccc(C=O)c(C)c2)ccc1C=O. The maximum atomic E-state index is 10.9. The minimum atomic E-state index is -0.182. The molecule has 0 radical (unpaired) electrons. The third-order valence-corrected chi connectivity index (χ3v) is 4.24. The van der Waals surface area contributed by atoms with E-state index in [0.717, 1.165) is 46.0 Å². The highest BCUT2D eigenvalue weighted by Gasteiger charge is 2.24. The van der Waals surface area contributed by atoms with Gasteiger partial charge >= 0.3 is 0 Å². The summed E-state index contributed by atoms with van der Waals surface area (Å²) in [5.74, 6) is 0. The lowest BCUT2D eigenvalue weighted by molar-refractivity contribution is 0.111. The van der Waals surface area contributed by atoms with E-state index in [1.807, 2.05) is 38.1 Å². The van der Waals surface area contributed by atoms with Gasteiger partial charge in [0.25, 0.3) is 0 Å². The van der Waals surface area contributed by atoms with Crippen molar-refractivity contribution in [2.24, 2.45) is 0 Å². The normalized spacial score (nSPS) is 11.2. The zero-order valence-corrected chi connectivity index (χ0v) is 12.9. The van der Waals surface area contributed by atoms with Crippen LogP contribution in [0.3, 0.4) is 0 Å². The smallest absolute Gasteiger partial charge is 0.150 e. The molecule has 0 aliphatic carbocycles. The Balaban J connectivity index is 2.50. The standard InChI is InChI=1S/C19H20O2/c1-13-9-17(7-5-15(13)11-20)19(3,4)18-8-6-16(12-21)14(2)10-18/h5-12H,1-4H3. The van der Waals surface area contributed by atoms with Gasteiger partial charge in [-0.15, -0.1) is 0 Å². The minimum Gasteiger partial charge on any atom is -0.298 e. The van der Waals surface area contributed by atoms with Crippen molar-refractivity contribution in [1.29, 1.82) is 0 Å². The molecule has 0 unspecified atom stereocenters. The molecule has 0 heterocycles. The summed E-state index contributed by atoms with van der Waals surface area (Å²) in [6, 6.07) is 11.9. The number of rotatable bonds is 4. The van der Waals surface area contributed by atoms with Gasteiger partial charge in [0.05, 0.1) is 0 Å². The number of hydrogen-bond donors (Lipinski definition) is 0. The molecule has 21 heavy (non-hydrogen) atoms. The lowest BCUT2D eigenvalue weighted by Crippen LogP contribution is -2.19. The highest BCUT2D eigenvalue weighted by molar-refractivity contribution is 5.78. The van der Waals surface area contributed by atoms with Crippen LogP contribution in [0.5, 0.6) is 0 Å². The van der Waals surface area contributed by atoms with Gasteiger partial charge in [-0.3, -0.25) is 9.59 Å². The Morgan fingerprint density at radius 1 is 0.762 bits per heavy atom. The first-order valence-electron chi connectivity index (χ1n) is 7.02. The van der Waals surface area contributed by atoms with Gasteiger partial charge < -0.3 is 0 Å². The van der Waals surface area contributed by atoms with Crippen LogP contribution < -0.4 is 0 Å². The molecule has 0 fully saturated rings. The van der Waals surface area contributed by atoms with E-state index in [2.05, 4.69) is 26.0 Å². The average molecular weight is 280 g/mol. The highest BCUT2D eigenvalue weighted by Crippen LogP contribution is 2.33. The summed E-state index contributed by atoms with van der Waals surface area (Å²) >= 11 is 0. The first kappa shape index (κ1) is 15.2. The van der Waals surface area contributed by atoms with Crippen molar-refractivity contribution < 1.29 is 9.59 Å². The van der Waals surface area contributed by atoms with Crippen molar-refractivity contribution in [2.75, 3.05) is 0 Å². The summed E-state index contributed by atoms with van der Waals surface area (Å²) in [7, 11) is 0. The van der Waals surface area contributed by atoms with Crippen LogP contribution in [-0.2, 0) is 5.41 Å². The monoisotopic (exact) mass is 280 g/mol. The maximum Gasteiger partial charge on any atom is 0.150 e. The fraction of sp³-hybridized carbons (Fsp3) is 0.263. The van der Waals surface area contributed by atoms with Crippen molar-refractivity contribution >= 4 is 12.6 Å². The zero-order chi connectivity index (χ0) is 15.6. The van der Waals surface area contributed by atoms with Gasteiger partial charge in [-0.2, -0.15) is 0 Å². The van der Waals surface area contributed by atoms with Gasteiger partial charge in [-0.1, -0.05) is 50.2 Å². The van der Waals surface area contributed by atoms with E-state index in [1.165, 1.54) is 0 Å². The second-order valence-electron chi connectivity index (χ2n) is 6.00. The van der Waals surface area contributed by atoms with Crippen LogP contribution in [0.1, 0.15) is 56.8 Å². The second-order valence-corrected chi connectivity index (χ2v) is 6.00. The van der Waals surface area contributed by atoms with E-state index < -0.39 is 0 Å². The molecule has 0 aliphatic rings. The fourth-order valence-corrected chi connectivity index (χ4v) is 2.56. The molecule has 0 N–H and O–H groups in total. The molecule has 0 atom stereocenters. The lowest BCUT2D eigenvalue weighted by Gasteiger charge is -2.27. The molecule has 2 rings (SSSR count). The predicted octanol–water partition coefficient (Wildman–Crippen LogP) is 4.25. The molecular formula is C19H20O2. The number of aryl methyl sites for hydroxylation is 2. The van der Waals surface area contributed by atoms with E-state index in [-0.39, 0.29) is 5.41 Å². The molecule has 108 valence electrons. The third kappa shape index (κ3) is 2.80. The summed E-state index contributed by atoms with van der Waals surface area (Å²) < 4.78 is 0. The molecule has 2 aromatic carbocycles. The van der Waals surface area contributed by atoms with Crippen molar-refractivity contribution in [3.05, 3.63) is 69.8 Å². The van der Waals surface area contributed by atoms with Crippen molar-refractivity contribution in [3.8, 4) is 0 Å². The first-order valence-corrected chi connectivity index (χ1v) is 7.02. The van der Waals surface area contributed by atoms with Gasteiger partial charge in [-0.05, 0) is 36.1 Å². The van der Waals surface area contributed by atoms with Crippen LogP contribution in [0, 0.1) is 13.8 Å². The van der Waals surface area contributed by atoms with Gasteiger partial charge in [0.1, 0.15) is 12.6 Å². The van der Waals surface area contributed by atoms with Crippen LogP contribution in [-0.4, -0.2) is 12.6 Å². The molecule has 0 aliphatic heterocycles. The number of hydrogen-bond acceptors (Lipinski definition) is 2. The Bertz CT molecular complexity index is 637. The molecule has 2 nitrogen and oxygen atoms in total. The minimum absolute atomic E-state index is 0.182. The summed E-state index contributed by atoms with van der Waals surface area (Å²) in [6.45, 7) is 8.20. The van der Waals surface area contributed by atoms with E-state index in [1.54, 1.807) is 0 Å². The average Bonchev–Trinajstić information content (AvgIpc) is 2.47. The van der Waals surface area contributed by atoms with E-state index in [0.29, 0.717) is 0 Å². The number of carbonyl (C=O) groups excluding carboxylic acids is 2. The second kappa shape index (κ2) is 5.65. The van der Waals surface area contributed by atoms with Crippen LogP contribution >= 0.6 is 0 Å². The number of aldehydes is 2. The predicted molar refractivity (Wildman–Crippen MR) is 85.3 cm³/mol. The molecule has 0 spiro atoms. The Morgan fingerprint density at radius 3 is 1.43 bits per heavy atom. The summed E-state index contributed by atoms with van der Waals surface area (Å²) in [6.07, 6.45) is 1.77. The van der Waals surface area contributed by atoms with Gasteiger partial charge in [-0.25, -0.2) is 0 Å². The summed E-state index contributed by atoms with van der Waals surface area (Å²) in [5, 5.41) is 0. The first-order chi connectivity index (χ1) is 9.90. The van der Waals surface area contributed by atoms with Gasteiger partial charge in [0.2, 0.25) is 0 Å². The highest BCUT2D eigenvalue weighted by atomic mass is 16.1. The maximum absolute atomic E-state index is 10.9. The fourth-order valence-electron chi connectivity index (χ4n) is 2.56. The van der Waals surface area contributed by atoms with Gasteiger partial charge in [0.15, 0.2) is 0 Å². The topological polar surface area (TPSA) is 34.1 Å². The molecule has 0 amide bonds. The van der Waals surface area contributed by atoms with E-state index in [4.69, 9.17) is 0 Å². The number of carbonyl (C=O) groups is 2. The van der Waals surface area contributed by atoms with Gasteiger partial charge in [0, 0.05) is 16.5 Å². The lowest BCUT2D eigenvalue weighted by atomic mass is 9.76. The van der Waals surface area contributed by atoms with Crippen molar-refractivity contribution in [1.82, 2.24) is 0 Å². The largest absolute Gasteiger partial charge is 0.298 e. The molecule has 0 saturated heterocycles. The van der Waals surface area contributed by atoms with E-state index >= 15 is 0 Å². The Kier molecular flexibility index (Phi) is 4.08. The van der Waals surface area contributed by atoms with Crippen molar-refractivity contribution in [2.45, 2.75) is 33.1 Å². The Hall–Kier alpha value is -2.22. The molecule has 2 aromatic rings. The summed E-state index contributed by atoms with van der Waals surface area (Å²) in [4.78, 5) is 21.9. The Labute approximate surface area is 125 Å². The third-order valence-electron chi connectivity index (χ3n) is 4.24.